The van der Waals surface area contributed by atoms with E-state index in [4.69, 9.17) is 0 Å². The van der Waals surface area contributed by atoms with Crippen LogP contribution in [0.3, 0.4) is 0 Å². The van der Waals surface area contributed by atoms with Crippen LogP contribution < -0.4 is 5.32 Å². The van der Waals surface area contributed by atoms with Crippen LogP contribution in [0.1, 0.15) is 66.5 Å². The number of carbonyl (C=O) groups is 1. The van der Waals surface area contributed by atoms with Crippen molar-refractivity contribution >= 4 is 5.91 Å². The minimum Gasteiger partial charge on any atom is -0.353 e. The Hall–Kier alpha value is -1.38. The standard InChI is InChI=1S/C21H34N2O/c1-15(2)18-10-11-20(4,5)14-21(18,6)19(24)23-16(3)13-17-9-7-8-12-22-17/h7-9,12,15-16,18H,10-11,13-14H2,1-6H3,(H,23,24)/t16?,18?,21-/m0/s1. The predicted molar refractivity (Wildman–Crippen MR) is 99.6 cm³/mol. The van der Waals surface area contributed by atoms with Gasteiger partial charge in [0.15, 0.2) is 0 Å². The Balaban J connectivity index is 2.09. The summed E-state index contributed by atoms with van der Waals surface area (Å²) in [5.74, 6) is 1.20. The van der Waals surface area contributed by atoms with E-state index >= 15 is 0 Å². The highest BCUT2D eigenvalue weighted by Crippen LogP contribution is 2.52. The molecule has 1 N–H and O–H groups in total. The zero-order chi connectivity index (χ0) is 18.0. The van der Waals surface area contributed by atoms with Crippen molar-refractivity contribution in [3.63, 3.8) is 0 Å². The highest BCUT2D eigenvalue weighted by atomic mass is 16.2. The first-order valence-electron chi connectivity index (χ1n) is 9.35. The van der Waals surface area contributed by atoms with Gasteiger partial charge in [0.25, 0.3) is 0 Å². The van der Waals surface area contributed by atoms with Crippen LogP contribution in [0, 0.1) is 22.7 Å². The predicted octanol–water partition coefficient (Wildman–Crippen LogP) is 4.62. The second-order valence-electron chi connectivity index (χ2n) is 9.05. The number of nitrogens with zero attached hydrogens (tertiary/aromatic N) is 1. The van der Waals surface area contributed by atoms with Gasteiger partial charge in [0, 0.05) is 29.8 Å². The second kappa shape index (κ2) is 7.25. The first kappa shape index (κ1) is 19.0. The Kier molecular flexibility index (Phi) is 5.72. The number of carbonyl (C=O) groups excluding carboxylic acids is 1. The van der Waals surface area contributed by atoms with Crippen LogP contribution in [-0.4, -0.2) is 16.9 Å². The zero-order valence-electron chi connectivity index (χ0n) is 16.2. The summed E-state index contributed by atoms with van der Waals surface area (Å²) in [6.45, 7) is 13.4. The van der Waals surface area contributed by atoms with E-state index in [0.29, 0.717) is 11.8 Å². The van der Waals surface area contributed by atoms with E-state index in [1.54, 1.807) is 0 Å². The van der Waals surface area contributed by atoms with Crippen LogP contribution in [0.4, 0.5) is 0 Å². The second-order valence-corrected chi connectivity index (χ2v) is 9.05. The van der Waals surface area contributed by atoms with Gasteiger partial charge >= 0.3 is 0 Å². The molecule has 1 amide bonds. The normalized spacial score (nSPS) is 27.7. The maximum absolute atomic E-state index is 13.2. The van der Waals surface area contributed by atoms with Gasteiger partial charge in [0.1, 0.15) is 0 Å². The van der Waals surface area contributed by atoms with Gasteiger partial charge < -0.3 is 5.32 Å². The molecular weight excluding hydrogens is 296 g/mol. The van der Waals surface area contributed by atoms with E-state index in [2.05, 4.69) is 51.8 Å². The summed E-state index contributed by atoms with van der Waals surface area (Å²) in [6.07, 6.45) is 5.90. The van der Waals surface area contributed by atoms with Crippen molar-refractivity contribution in [2.45, 2.75) is 73.3 Å². The molecular formula is C21H34N2O. The zero-order valence-corrected chi connectivity index (χ0v) is 16.2. The lowest BCUT2D eigenvalue weighted by Crippen LogP contribution is -2.52. The van der Waals surface area contributed by atoms with Gasteiger partial charge in [-0.15, -0.1) is 0 Å². The summed E-state index contributed by atoms with van der Waals surface area (Å²) < 4.78 is 0. The number of hydrogen-bond acceptors (Lipinski definition) is 2. The fraction of sp³-hybridized carbons (Fsp3) is 0.714. The molecule has 3 heteroatoms. The molecule has 1 aromatic heterocycles. The average Bonchev–Trinajstić information content (AvgIpc) is 2.46. The van der Waals surface area contributed by atoms with Gasteiger partial charge in [-0.05, 0) is 55.6 Å². The molecule has 1 aliphatic carbocycles. The van der Waals surface area contributed by atoms with Crippen LogP contribution >= 0.6 is 0 Å². The number of hydrogen-bond donors (Lipinski definition) is 1. The van der Waals surface area contributed by atoms with Crippen molar-refractivity contribution in [2.75, 3.05) is 0 Å². The lowest BCUT2D eigenvalue weighted by Gasteiger charge is -2.49. The van der Waals surface area contributed by atoms with Gasteiger partial charge in [-0.25, -0.2) is 0 Å². The minimum atomic E-state index is -0.283. The first-order valence-corrected chi connectivity index (χ1v) is 9.35. The molecule has 2 rings (SSSR count). The molecule has 1 saturated carbocycles. The molecule has 134 valence electrons. The van der Waals surface area contributed by atoms with E-state index in [9.17, 15) is 4.79 Å². The van der Waals surface area contributed by atoms with Crippen molar-refractivity contribution in [2.24, 2.45) is 22.7 Å². The Morgan fingerprint density at radius 1 is 1.29 bits per heavy atom. The van der Waals surface area contributed by atoms with Gasteiger partial charge in [0.05, 0.1) is 0 Å². The number of nitrogens with one attached hydrogen (secondary N) is 1. The van der Waals surface area contributed by atoms with Crippen molar-refractivity contribution in [1.29, 1.82) is 0 Å². The molecule has 3 atom stereocenters. The monoisotopic (exact) mass is 330 g/mol. The summed E-state index contributed by atoms with van der Waals surface area (Å²) in [6, 6.07) is 6.04. The maximum Gasteiger partial charge on any atom is 0.226 e. The lowest BCUT2D eigenvalue weighted by molar-refractivity contribution is -0.141. The van der Waals surface area contributed by atoms with Crippen LogP contribution in [0.15, 0.2) is 24.4 Å². The summed E-state index contributed by atoms with van der Waals surface area (Å²) in [5, 5.41) is 3.28. The Morgan fingerprint density at radius 3 is 2.58 bits per heavy atom. The molecule has 0 radical (unpaired) electrons. The number of rotatable bonds is 5. The Bertz CT molecular complexity index is 552. The quantitative estimate of drug-likeness (QED) is 0.856. The van der Waals surface area contributed by atoms with Gasteiger partial charge in [0.2, 0.25) is 5.91 Å². The first-order chi connectivity index (χ1) is 11.1. The molecule has 0 spiro atoms. The molecule has 1 heterocycles. The molecule has 24 heavy (non-hydrogen) atoms. The van der Waals surface area contributed by atoms with Crippen molar-refractivity contribution in [1.82, 2.24) is 10.3 Å². The number of pyridine rings is 1. The topological polar surface area (TPSA) is 42.0 Å². The highest BCUT2D eigenvalue weighted by Gasteiger charge is 2.49. The third-order valence-corrected chi connectivity index (χ3v) is 5.74. The lowest BCUT2D eigenvalue weighted by atomic mass is 9.56. The molecule has 1 aromatic rings. The summed E-state index contributed by atoms with van der Waals surface area (Å²) >= 11 is 0. The van der Waals surface area contributed by atoms with E-state index in [1.165, 1.54) is 6.42 Å². The highest BCUT2D eigenvalue weighted by molar-refractivity contribution is 5.83. The SMILES string of the molecule is CC(Cc1ccccn1)NC(=O)[C@@]1(C)CC(C)(C)CCC1C(C)C. The Labute approximate surface area is 147 Å². The van der Waals surface area contributed by atoms with E-state index in [-0.39, 0.29) is 22.8 Å². The Morgan fingerprint density at radius 2 is 2.00 bits per heavy atom. The summed E-state index contributed by atoms with van der Waals surface area (Å²) in [4.78, 5) is 17.6. The smallest absolute Gasteiger partial charge is 0.226 e. The molecule has 0 saturated heterocycles. The fourth-order valence-electron chi connectivity index (χ4n) is 4.67. The van der Waals surface area contributed by atoms with Crippen LogP contribution in [-0.2, 0) is 11.2 Å². The van der Waals surface area contributed by atoms with Crippen molar-refractivity contribution in [3.05, 3.63) is 30.1 Å². The van der Waals surface area contributed by atoms with Crippen LogP contribution in [0.25, 0.3) is 0 Å². The van der Waals surface area contributed by atoms with E-state index in [0.717, 1.165) is 25.0 Å². The molecule has 0 bridgehead atoms. The third-order valence-electron chi connectivity index (χ3n) is 5.74. The fourth-order valence-corrected chi connectivity index (χ4v) is 4.67. The van der Waals surface area contributed by atoms with Crippen molar-refractivity contribution in [3.8, 4) is 0 Å². The largest absolute Gasteiger partial charge is 0.353 e. The van der Waals surface area contributed by atoms with Gasteiger partial charge in [-0.3, -0.25) is 9.78 Å². The maximum atomic E-state index is 13.2. The summed E-state index contributed by atoms with van der Waals surface area (Å²) in [7, 11) is 0. The third kappa shape index (κ3) is 4.37. The van der Waals surface area contributed by atoms with Crippen molar-refractivity contribution < 1.29 is 4.79 Å². The van der Waals surface area contributed by atoms with Crippen LogP contribution in [0.5, 0.6) is 0 Å². The molecule has 3 nitrogen and oxygen atoms in total. The molecule has 2 unspecified atom stereocenters. The molecule has 0 aromatic carbocycles. The van der Waals surface area contributed by atoms with Gasteiger partial charge in [-0.2, -0.15) is 0 Å². The number of amides is 1. The minimum absolute atomic E-state index is 0.0991. The molecule has 1 fully saturated rings. The van der Waals surface area contributed by atoms with E-state index < -0.39 is 0 Å². The molecule has 0 aliphatic heterocycles. The van der Waals surface area contributed by atoms with Gasteiger partial charge in [-0.1, -0.05) is 40.7 Å². The average molecular weight is 331 g/mol. The number of aromatic nitrogens is 1. The van der Waals surface area contributed by atoms with E-state index in [1.807, 2.05) is 24.4 Å². The van der Waals surface area contributed by atoms with Crippen LogP contribution in [0.2, 0.25) is 0 Å². The summed E-state index contributed by atoms with van der Waals surface area (Å²) in [5.41, 5.74) is 0.982. The molecule has 1 aliphatic rings.